The zero-order valence-electron chi connectivity index (χ0n) is 13.4. The van der Waals surface area contributed by atoms with Crippen LogP contribution in [0.1, 0.15) is 41.5 Å². The molecular weight excluding hydrogens is 264 g/mol. The summed E-state index contributed by atoms with van der Waals surface area (Å²) in [6.45, 7) is 11.0. The normalized spacial score (nSPS) is 11.8. The number of carbonyl (C=O) groups excluding carboxylic acids is 2. The second kappa shape index (κ2) is 7.33. The van der Waals surface area contributed by atoms with Gasteiger partial charge in [0, 0.05) is 6.54 Å². The minimum absolute atomic E-state index is 0.157. The van der Waals surface area contributed by atoms with Crippen molar-refractivity contribution in [2.45, 2.75) is 52.7 Å². The first-order valence-electron chi connectivity index (χ1n) is 6.46. The number of rotatable bonds is 4. The number of alkyl carbamates (subject to hydrolysis) is 1. The van der Waals surface area contributed by atoms with Gasteiger partial charge in [-0.3, -0.25) is 4.84 Å². The van der Waals surface area contributed by atoms with Crippen molar-refractivity contribution in [1.82, 2.24) is 10.4 Å². The van der Waals surface area contributed by atoms with Gasteiger partial charge in [-0.1, -0.05) is 0 Å². The van der Waals surface area contributed by atoms with Gasteiger partial charge in [-0.15, -0.1) is 0 Å². The van der Waals surface area contributed by atoms with Gasteiger partial charge in [0.15, 0.2) is 0 Å². The van der Waals surface area contributed by atoms with E-state index in [1.165, 1.54) is 7.11 Å². The highest BCUT2D eigenvalue weighted by atomic mass is 16.7. The third kappa shape index (κ3) is 9.43. The van der Waals surface area contributed by atoms with Crippen molar-refractivity contribution in [1.29, 1.82) is 0 Å². The molecule has 7 heteroatoms. The molecule has 0 spiro atoms. The predicted molar refractivity (Wildman–Crippen MR) is 74.2 cm³/mol. The van der Waals surface area contributed by atoms with Crippen LogP contribution in [0, 0.1) is 0 Å². The summed E-state index contributed by atoms with van der Waals surface area (Å²) in [5, 5.41) is 3.56. The fourth-order valence-corrected chi connectivity index (χ4v) is 1.14. The SMILES string of the molecule is CON(CCNC(=O)OC(C)(C)C)C(=O)OC(C)(C)C. The van der Waals surface area contributed by atoms with Crippen LogP contribution in [0.3, 0.4) is 0 Å². The molecule has 0 aromatic rings. The van der Waals surface area contributed by atoms with Gasteiger partial charge in [-0.05, 0) is 41.5 Å². The van der Waals surface area contributed by atoms with Crippen molar-refractivity contribution in [3.05, 3.63) is 0 Å². The lowest BCUT2D eigenvalue weighted by Gasteiger charge is -2.25. The molecule has 0 atom stereocenters. The molecule has 0 aromatic heterocycles. The van der Waals surface area contributed by atoms with E-state index in [0.29, 0.717) is 0 Å². The Balaban J connectivity index is 4.14. The van der Waals surface area contributed by atoms with E-state index in [1.807, 2.05) is 0 Å². The molecular formula is C13H26N2O5. The molecule has 0 aromatic carbocycles. The molecule has 0 fully saturated rings. The van der Waals surface area contributed by atoms with E-state index in [4.69, 9.17) is 14.3 Å². The Morgan fingerprint density at radius 2 is 1.50 bits per heavy atom. The fourth-order valence-electron chi connectivity index (χ4n) is 1.14. The molecule has 0 saturated heterocycles. The van der Waals surface area contributed by atoms with Gasteiger partial charge in [0.05, 0.1) is 13.7 Å². The maximum atomic E-state index is 11.7. The largest absolute Gasteiger partial charge is 0.444 e. The van der Waals surface area contributed by atoms with Crippen molar-refractivity contribution in [3.8, 4) is 0 Å². The monoisotopic (exact) mass is 290 g/mol. The molecule has 118 valence electrons. The van der Waals surface area contributed by atoms with Crippen LogP contribution in [0.2, 0.25) is 0 Å². The van der Waals surface area contributed by atoms with E-state index in [9.17, 15) is 9.59 Å². The van der Waals surface area contributed by atoms with E-state index in [0.717, 1.165) is 5.06 Å². The van der Waals surface area contributed by atoms with E-state index in [-0.39, 0.29) is 13.1 Å². The van der Waals surface area contributed by atoms with E-state index in [2.05, 4.69) is 5.32 Å². The molecule has 20 heavy (non-hydrogen) atoms. The van der Waals surface area contributed by atoms with Crippen LogP contribution in [0.25, 0.3) is 0 Å². The van der Waals surface area contributed by atoms with Gasteiger partial charge in [-0.25, -0.2) is 9.59 Å². The Kier molecular flexibility index (Phi) is 6.78. The summed E-state index contributed by atoms with van der Waals surface area (Å²) >= 11 is 0. The number of hydrogen-bond donors (Lipinski definition) is 1. The molecule has 0 bridgehead atoms. The minimum Gasteiger partial charge on any atom is -0.444 e. The highest BCUT2D eigenvalue weighted by Crippen LogP contribution is 2.10. The van der Waals surface area contributed by atoms with E-state index < -0.39 is 23.4 Å². The van der Waals surface area contributed by atoms with Crippen molar-refractivity contribution < 1.29 is 23.9 Å². The van der Waals surface area contributed by atoms with Crippen LogP contribution < -0.4 is 5.32 Å². The average Bonchev–Trinajstić information content (AvgIpc) is 2.18. The fraction of sp³-hybridized carbons (Fsp3) is 0.846. The molecule has 0 rings (SSSR count). The minimum atomic E-state index is -0.606. The van der Waals surface area contributed by atoms with E-state index >= 15 is 0 Å². The summed E-state index contributed by atoms with van der Waals surface area (Å²) in [7, 11) is 1.36. The van der Waals surface area contributed by atoms with Gasteiger partial charge in [0.1, 0.15) is 11.2 Å². The highest BCUT2D eigenvalue weighted by molar-refractivity contribution is 5.68. The third-order valence-electron chi connectivity index (χ3n) is 1.80. The molecule has 0 heterocycles. The molecule has 2 amide bonds. The topological polar surface area (TPSA) is 77.1 Å². The van der Waals surface area contributed by atoms with Gasteiger partial charge in [-0.2, -0.15) is 5.06 Å². The lowest BCUT2D eigenvalue weighted by molar-refractivity contribution is -0.122. The highest BCUT2D eigenvalue weighted by Gasteiger charge is 2.22. The summed E-state index contributed by atoms with van der Waals surface area (Å²) in [6, 6.07) is 0. The molecule has 0 aliphatic carbocycles. The van der Waals surface area contributed by atoms with Crippen LogP contribution in [-0.4, -0.2) is 48.7 Å². The second-order valence-electron chi connectivity index (χ2n) is 6.19. The van der Waals surface area contributed by atoms with Gasteiger partial charge < -0.3 is 14.8 Å². The first kappa shape index (κ1) is 18.5. The van der Waals surface area contributed by atoms with Gasteiger partial charge in [0.2, 0.25) is 0 Å². The summed E-state index contributed by atoms with van der Waals surface area (Å²) < 4.78 is 10.2. The Bertz CT molecular complexity index is 331. The number of hydrogen-bond acceptors (Lipinski definition) is 5. The Hall–Kier alpha value is -1.50. The standard InChI is InChI=1S/C13H26N2O5/c1-12(2,3)19-10(16)14-8-9-15(18-7)11(17)20-13(4,5)6/h8-9H2,1-7H3,(H,14,16). The molecule has 1 N–H and O–H groups in total. The smallest absolute Gasteiger partial charge is 0.434 e. The van der Waals surface area contributed by atoms with E-state index in [1.54, 1.807) is 41.5 Å². The Labute approximate surface area is 120 Å². The van der Waals surface area contributed by atoms with Crippen LogP contribution in [0.5, 0.6) is 0 Å². The number of amides is 2. The molecule has 0 aliphatic heterocycles. The first-order valence-corrected chi connectivity index (χ1v) is 6.46. The van der Waals surface area contributed by atoms with Crippen molar-refractivity contribution >= 4 is 12.2 Å². The van der Waals surface area contributed by atoms with Gasteiger partial charge in [0.25, 0.3) is 0 Å². The summed E-state index contributed by atoms with van der Waals surface area (Å²) in [5.74, 6) is 0. The molecule has 0 unspecified atom stereocenters. The molecule has 0 saturated carbocycles. The molecule has 0 aliphatic rings. The Morgan fingerprint density at radius 3 is 1.90 bits per heavy atom. The van der Waals surface area contributed by atoms with Crippen LogP contribution in [0.4, 0.5) is 9.59 Å². The van der Waals surface area contributed by atoms with Crippen LogP contribution in [0.15, 0.2) is 0 Å². The van der Waals surface area contributed by atoms with Crippen molar-refractivity contribution in [3.63, 3.8) is 0 Å². The Morgan fingerprint density at radius 1 is 1.00 bits per heavy atom. The first-order chi connectivity index (χ1) is 8.94. The van der Waals surface area contributed by atoms with Crippen LogP contribution in [-0.2, 0) is 14.3 Å². The lowest BCUT2D eigenvalue weighted by Crippen LogP contribution is -2.41. The summed E-state index contributed by atoms with van der Waals surface area (Å²) in [4.78, 5) is 28.1. The number of hydroxylamine groups is 2. The van der Waals surface area contributed by atoms with Crippen molar-refractivity contribution in [2.24, 2.45) is 0 Å². The number of ether oxygens (including phenoxy) is 2. The quantitative estimate of drug-likeness (QED) is 0.804. The zero-order valence-corrected chi connectivity index (χ0v) is 13.4. The molecule has 0 radical (unpaired) electrons. The number of nitrogens with zero attached hydrogens (tertiary/aromatic N) is 1. The summed E-state index contributed by atoms with van der Waals surface area (Å²) in [6.07, 6.45) is -1.15. The maximum absolute atomic E-state index is 11.7. The van der Waals surface area contributed by atoms with Gasteiger partial charge >= 0.3 is 12.2 Å². The average molecular weight is 290 g/mol. The number of nitrogens with one attached hydrogen (secondary N) is 1. The van der Waals surface area contributed by atoms with Crippen LogP contribution >= 0.6 is 0 Å². The predicted octanol–water partition coefficient (Wildman–Crippen LogP) is 2.31. The summed E-state index contributed by atoms with van der Waals surface area (Å²) in [5.41, 5.74) is -1.16. The number of carbonyl (C=O) groups is 2. The van der Waals surface area contributed by atoms with Crippen molar-refractivity contribution in [2.75, 3.05) is 20.2 Å². The maximum Gasteiger partial charge on any atom is 0.434 e. The lowest BCUT2D eigenvalue weighted by atomic mass is 10.2. The zero-order chi connectivity index (χ0) is 16.0. The molecule has 7 nitrogen and oxygen atoms in total. The second-order valence-corrected chi connectivity index (χ2v) is 6.19. The third-order valence-corrected chi connectivity index (χ3v) is 1.80.